The number of aliphatic hydroxyl groups is 1. The van der Waals surface area contributed by atoms with Crippen molar-refractivity contribution >= 4 is 28.0 Å². The molecule has 1 saturated carbocycles. The van der Waals surface area contributed by atoms with E-state index in [4.69, 9.17) is 4.74 Å². The number of unbranched alkanes of at least 4 members (excludes halogenated alkanes) is 1. The Morgan fingerprint density at radius 2 is 1.81 bits per heavy atom. The second-order valence-electron chi connectivity index (χ2n) is 10.5. The van der Waals surface area contributed by atoms with Gasteiger partial charge in [0.05, 0.1) is 6.04 Å². The number of nitrogens with one attached hydrogen (secondary N) is 3. The lowest BCUT2D eigenvalue weighted by Gasteiger charge is -2.30. The maximum absolute atomic E-state index is 13.1. The van der Waals surface area contributed by atoms with Crippen LogP contribution in [0, 0.1) is 17.8 Å². The minimum absolute atomic E-state index is 0.000567. The van der Waals surface area contributed by atoms with E-state index in [9.17, 15) is 32.5 Å². The number of carbonyl (C=O) groups is 3. The van der Waals surface area contributed by atoms with Crippen molar-refractivity contribution in [3.8, 4) is 0 Å². The van der Waals surface area contributed by atoms with Crippen molar-refractivity contribution in [2.45, 2.75) is 109 Å². The Morgan fingerprint density at radius 1 is 1.14 bits per heavy atom. The topological polar surface area (TPSA) is 171 Å². The Kier molecular flexibility index (Phi) is 11.9. The maximum Gasteiger partial charge on any atom is 0.408 e. The van der Waals surface area contributed by atoms with Crippen LogP contribution in [0.25, 0.3) is 0 Å². The molecule has 0 aromatic carbocycles. The number of aliphatic hydroxyl groups excluding tert-OH is 1. The fraction of sp³-hybridized carbons (Fsp3) is 0.875. The van der Waals surface area contributed by atoms with E-state index in [2.05, 4.69) is 22.9 Å². The minimum atomic E-state index is -4.91. The molecule has 0 aromatic rings. The van der Waals surface area contributed by atoms with Crippen molar-refractivity contribution < 1.29 is 37.2 Å². The number of alkyl carbamates (subject to hydrolysis) is 1. The van der Waals surface area contributed by atoms with E-state index < -0.39 is 45.6 Å². The lowest BCUT2D eigenvalue weighted by molar-refractivity contribution is -0.126. The summed E-state index contributed by atoms with van der Waals surface area (Å²) in [6, 6.07) is -2.49. The molecule has 11 nitrogen and oxygen atoms in total. The smallest absolute Gasteiger partial charge is 0.408 e. The van der Waals surface area contributed by atoms with Gasteiger partial charge in [-0.1, -0.05) is 40.0 Å². The number of ether oxygens (including phenoxy) is 1. The van der Waals surface area contributed by atoms with Crippen LogP contribution in [0.3, 0.4) is 0 Å². The molecule has 0 aromatic heterocycles. The molecule has 2 rings (SSSR count). The van der Waals surface area contributed by atoms with Crippen molar-refractivity contribution in [3.05, 3.63) is 0 Å². The summed E-state index contributed by atoms with van der Waals surface area (Å²) in [6.45, 7) is 6.28. The van der Waals surface area contributed by atoms with Gasteiger partial charge in [0.15, 0.2) is 0 Å². The van der Waals surface area contributed by atoms with Crippen LogP contribution in [0.1, 0.15) is 85.0 Å². The molecule has 3 amide bonds. The Bertz CT molecular complexity index is 842. The third kappa shape index (κ3) is 9.85. The maximum atomic E-state index is 13.1. The van der Waals surface area contributed by atoms with Crippen molar-refractivity contribution in [2.75, 3.05) is 6.54 Å². The summed E-state index contributed by atoms with van der Waals surface area (Å²) in [4.78, 5) is 37.7. The van der Waals surface area contributed by atoms with Crippen LogP contribution in [0.15, 0.2) is 0 Å². The molecule has 208 valence electrons. The summed E-state index contributed by atoms with van der Waals surface area (Å²) >= 11 is 0. The van der Waals surface area contributed by atoms with Crippen molar-refractivity contribution in [1.82, 2.24) is 16.0 Å². The first-order chi connectivity index (χ1) is 16.9. The third-order valence-electron chi connectivity index (χ3n) is 7.03. The number of hydrogen-bond donors (Lipinski definition) is 5. The van der Waals surface area contributed by atoms with Crippen LogP contribution in [0.5, 0.6) is 0 Å². The fourth-order valence-corrected chi connectivity index (χ4v) is 5.57. The van der Waals surface area contributed by atoms with E-state index in [1.807, 2.05) is 13.8 Å². The van der Waals surface area contributed by atoms with E-state index in [1.54, 1.807) is 0 Å². The Morgan fingerprint density at radius 3 is 2.33 bits per heavy atom. The number of amides is 3. The van der Waals surface area contributed by atoms with E-state index in [1.165, 1.54) is 12.8 Å². The summed E-state index contributed by atoms with van der Waals surface area (Å²) in [5.41, 5.74) is -2.32. The minimum Gasteiger partial charge on any atom is -0.446 e. The highest BCUT2D eigenvalue weighted by atomic mass is 32.2. The predicted molar refractivity (Wildman–Crippen MR) is 133 cm³/mol. The molecule has 4 atom stereocenters. The van der Waals surface area contributed by atoms with Gasteiger partial charge in [0.25, 0.3) is 10.1 Å². The van der Waals surface area contributed by atoms with Crippen LogP contribution < -0.4 is 16.0 Å². The third-order valence-corrected chi connectivity index (χ3v) is 7.97. The quantitative estimate of drug-likeness (QED) is 0.224. The number of rotatable bonds is 13. The van der Waals surface area contributed by atoms with E-state index in [0.717, 1.165) is 32.1 Å². The van der Waals surface area contributed by atoms with Gasteiger partial charge in [0, 0.05) is 12.5 Å². The van der Waals surface area contributed by atoms with Gasteiger partial charge in [0.1, 0.15) is 12.1 Å². The van der Waals surface area contributed by atoms with Gasteiger partial charge in [-0.3, -0.25) is 14.1 Å². The summed E-state index contributed by atoms with van der Waals surface area (Å²) < 4.78 is 38.1. The van der Waals surface area contributed by atoms with Crippen molar-refractivity contribution in [1.29, 1.82) is 0 Å². The highest BCUT2D eigenvalue weighted by molar-refractivity contribution is 7.86. The highest BCUT2D eigenvalue weighted by Gasteiger charge is 2.38. The van der Waals surface area contributed by atoms with Gasteiger partial charge in [-0.05, 0) is 56.8 Å². The average Bonchev–Trinajstić information content (AvgIpc) is 3.20. The molecule has 0 bridgehead atoms. The summed E-state index contributed by atoms with van der Waals surface area (Å²) in [6.07, 6.45) is 6.60. The average molecular weight is 534 g/mol. The lowest BCUT2D eigenvalue weighted by Crippen LogP contribution is -2.55. The molecule has 5 N–H and O–H groups in total. The lowest BCUT2D eigenvalue weighted by atomic mass is 9.84. The normalized spacial score (nSPS) is 25.1. The zero-order valence-corrected chi connectivity index (χ0v) is 22.4. The summed E-state index contributed by atoms with van der Waals surface area (Å²) in [5, 5.41) is 17.8. The number of hydrogen-bond acceptors (Lipinski definition) is 7. The second-order valence-corrected chi connectivity index (χ2v) is 12.1. The Balaban J connectivity index is 2.00. The zero-order valence-electron chi connectivity index (χ0n) is 21.6. The first-order valence-corrected chi connectivity index (χ1v) is 14.6. The van der Waals surface area contributed by atoms with Crippen LogP contribution in [0.4, 0.5) is 4.79 Å². The molecular formula is C24H43N3O8S. The van der Waals surface area contributed by atoms with Crippen LogP contribution in [-0.4, -0.2) is 66.2 Å². The molecule has 1 aliphatic heterocycles. The zero-order chi connectivity index (χ0) is 26.9. The first-order valence-electron chi connectivity index (χ1n) is 13.1. The molecule has 1 heterocycles. The Labute approximate surface area is 214 Å². The van der Waals surface area contributed by atoms with Gasteiger partial charge in [-0.15, -0.1) is 0 Å². The van der Waals surface area contributed by atoms with E-state index in [0.29, 0.717) is 18.9 Å². The van der Waals surface area contributed by atoms with Crippen LogP contribution in [0.2, 0.25) is 0 Å². The molecule has 1 aliphatic carbocycles. The molecule has 1 saturated heterocycles. The van der Waals surface area contributed by atoms with Gasteiger partial charge >= 0.3 is 6.09 Å². The van der Waals surface area contributed by atoms with Gasteiger partial charge in [0.2, 0.25) is 17.3 Å². The van der Waals surface area contributed by atoms with Gasteiger partial charge < -0.3 is 25.8 Å². The molecule has 0 spiro atoms. The molecule has 0 radical (unpaired) electrons. The van der Waals surface area contributed by atoms with Crippen LogP contribution >= 0.6 is 0 Å². The fourth-order valence-electron chi connectivity index (χ4n) is 4.98. The van der Waals surface area contributed by atoms with Crippen molar-refractivity contribution in [2.24, 2.45) is 17.8 Å². The van der Waals surface area contributed by atoms with E-state index in [-0.39, 0.29) is 30.8 Å². The molecule has 2 fully saturated rings. The second kappa shape index (κ2) is 14.1. The monoisotopic (exact) mass is 533 g/mol. The van der Waals surface area contributed by atoms with Crippen LogP contribution in [-0.2, 0) is 24.4 Å². The van der Waals surface area contributed by atoms with Crippen molar-refractivity contribution in [3.63, 3.8) is 0 Å². The molecular weight excluding hydrogens is 490 g/mol. The molecule has 12 heteroatoms. The molecule has 36 heavy (non-hydrogen) atoms. The standard InChI is InChI=1S/C24H43N3O8S/c1-4-5-6-16-7-9-18(10-8-16)35-24(31)27-19(13-15(2)3)22(29)26-20(23(30)36(32,33)34)14-17-11-12-25-21(17)28/h15-20,23,30H,4-14H2,1-3H3,(H,25,28)(H,26,29)(H,27,31)(H,32,33,34)/t16?,17-,18?,19+,20+,23?/m1/s1. The van der Waals surface area contributed by atoms with Gasteiger partial charge in [-0.25, -0.2) is 4.79 Å². The van der Waals surface area contributed by atoms with Gasteiger partial charge in [-0.2, -0.15) is 8.42 Å². The summed E-state index contributed by atoms with van der Waals surface area (Å²) in [7, 11) is -4.91. The largest absolute Gasteiger partial charge is 0.446 e. The molecule has 2 aliphatic rings. The van der Waals surface area contributed by atoms with E-state index >= 15 is 0 Å². The SMILES string of the molecule is CCCCC1CCC(OC(=O)N[C@@H](CC(C)C)C(=O)N[C@@H](C[C@H]2CCNC2=O)C(O)S(=O)(=O)O)CC1. The Hall–Kier alpha value is -1.92. The first kappa shape index (κ1) is 30.3. The molecule has 1 unspecified atom stereocenters. The highest BCUT2D eigenvalue weighted by Crippen LogP contribution is 2.30. The number of carbonyl (C=O) groups excluding carboxylic acids is 3. The summed E-state index contributed by atoms with van der Waals surface area (Å²) in [5.74, 6) is -1.02. The predicted octanol–water partition coefficient (Wildman–Crippen LogP) is 2.09.